The lowest BCUT2D eigenvalue weighted by molar-refractivity contribution is 0.425. The second-order valence-electron chi connectivity index (χ2n) is 2.58. The Kier molecular flexibility index (Phi) is 2.05. The van der Waals surface area contributed by atoms with Crippen LogP contribution in [0.4, 0.5) is 5.82 Å². The molecular weight excluding hydrogens is 206 g/mol. The van der Waals surface area contributed by atoms with Gasteiger partial charge in [-0.3, -0.25) is 0 Å². The topological polar surface area (TPSA) is 90.7 Å². The minimum atomic E-state index is 0.0856. The zero-order valence-corrected chi connectivity index (χ0v) is 7.99. The van der Waals surface area contributed by atoms with Gasteiger partial charge in [0, 0.05) is 6.20 Å². The third-order valence-electron chi connectivity index (χ3n) is 1.55. The Morgan fingerprint density at radius 2 is 2.21 bits per heavy atom. The van der Waals surface area contributed by atoms with E-state index >= 15 is 0 Å². The van der Waals surface area contributed by atoms with E-state index in [-0.39, 0.29) is 17.0 Å². The van der Waals surface area contributed by atoms with Gasteiger partial charge in [-0.25, -0.2) is 9.97 Å². The van der Waals surface area contributed by atoms with Crippen molar-refractivity contribution >= 4 is 17.4 Å². The summed E-state index contributed by atoms with van der Waals surface area (Å²) in [5, 5.41) is 3.71. The average Bonchev–Trinajstić information content (AvgIpc) is 2.51. The molecule has 2 aromatic heterocycles. The first-order valence-corrected chi connectivity index (χ1v) is 4.13. The van der Waals surface area contributed by atoms with Crippen LogP contribution >= 0.6 is 11.6 Å². The number of aryl methyl sites for hydroxylation is 1. The van der Waals surface area contributed by atoms with E-state index in [2.05, 4.69) is 20.1 Å². The highest BCUT2D eigenvalue weighted by atomic mass is 35.5. The van der Waals surface area contributed by atoms with Crippen LogP contribution < -0.4 is 5.73 Å². The van der Waals surface area contributed by atoms with E-state index < -0.39 is 0 Å². The maximum absolute atomic E-state index is 5.60. The van der Waals surface area contributed by atoms with Crippen LogP contribution in [0.25, 0.3) is 11.5 Å². The zero-order valence-electron chi connectivity index (χ0n) is 7.23. The molecule has 2 N–H and O–H groups in total. The molecule has 0 aromatic carbocycles. The van der Waals surface area contributed by atoms with Crippen LogP contribution in [0.15, 0.2) is 10.7 Å². The van der Waals surface area contributed by atoms with Gasteiger partial charge in [-0.15, -0.1) is 0 Å². The van der Waals surface area contributed by atoms with Crippen LogP contribution in [0.3, 0.4) is 0 Å². The summed E-state index contributed by atoms with van der Waals surface area (Å²) in [6.45, 7) is 1.71. The molecule has 7 heteroatoms. The quantitative estimate of drug-likeness (QED) is 0.710. The smallest absolute Gasteiger partial charge is 0.263 e. The standard InChI is InChI=1S/C7H6ClN5O/c1-3-11-6(14-13-3)4-2-10-7(8)12-5(4)9/h2H,1H3,(H2,9,10,12). The SMILES string of the molecule is Cc1noc(-c2cnc(Cl)nc2N)n1. The van der Waals surface area contributed by atoms with Crippen molar-refractivity contribution in [3.63, 3.8) is 0 Å². The average molecular weight is 212 g/mol. The van der Waals surface area contributed by atoms with E-state index in [0.29, 0.717) is 11.4 Å². The Labute approximate surface area is 84.1 Å². The summed E-state index contributed by atoms with van der Waals surface area (Å²) in [6, 6.07) is 0. The van der Waals surface area contributed by atoms with Gasteiger partial charge in [0.1, 0.15) is 11.4 Å². The minimum absolute atomic E-state index is 0.0856. The summed E-state index contributed by atoms with van der Waals surface area (Å²) in [4.78, 5) is 11.5. The summed E-state index contributed by atoms with van der Waals surface area (Å²) in [6.07, 6.45) is 1.44. The van der Waals surface area contributed by atoms with E-state index in [0.717, 1.165) is 0 Å². The molecule has 0 spiro atoms. The fourth-order valence-corrected chi connectivity index (χ4v) is 1.08. The molecule has 2 rings (SSSR count). The molecule has 0 amide bonds. The molecule has 2 aromatic rings. The molecule has 14 heavy (non-hydrogen) atoms. The molecule has 0 atom stereocenters. The van der Waals surface area contributed by atoms with E-state index in [9.17, 15) is 0 Å². The highest BCUT2D eigenvalue weighted by Crippen LogP contribution is 2.22. The zero-order chi connectivity index (χ0) is 10.1. The lowest BCUT2D eigenvalue weighted by atomic mass is 10.3. The lowest BCUT2D eigenvalue weighted by Gasteiger charge is -1.97. The number of nitrogens with zero attached hydrogens (tertiary/aromatic N) is 4. The number of hydrogen-bond acceptors (Lipinski definition) is 6. The summed E-state index contributed by atoms with van der Waals surface area (Å²) in [5.74, 6) is 1.03. The maximum atomic E-state index is 5.60. The molecule has 0 unspecified atom stereocenters. The number of nitrogens with two attached hydrogens (primary N) is 1. The van der Waals surface area contributed by atoms with Crippen LogP contribution in [0, 0.1) is 6.92 Å². The number of hydrogen-bond donors (Lipinski definition) is 1. The van der Waals surface area contributed by atoms with Gasteiger partial charge in [0.15, 0.2) is 5.82 Å². The molecule has 0 saturated carbocycles. The van der Waals surface area contributed by atoms with E-state index in [1.165, 1.54) is 6.20 Å². The molecule has 0 aliphatic heterocycles. The predicted octanol–water partition coefficient (Wildman–Crippen LogP) is 1.07. The first-order valence-electron chi connectivity index (χ1n) is 3.75. The highest BCUT2D eigenvalue weighted by molar-refractivity contribution is 6.28. The van der Waals surface area contributed by atoms with Crippen molar-refractivity contribution < 1.29 is 4.52 Å². The lowest BCUT2D eigenvalue weighted by Crippen LogP contribution is -1.96. The minimum Gasteiger partial charge on any atom is -0.383 e. The Hall–Kier alpha value is -1.69. The monoisotopic (exact) mass is 211 g/mol. The molecular formula is C7H6ClN5O. The second kappa shape index (κ2) is 3.22. The highest BCUT2D eigenvalue weighted by Gasteiger charge is 2.11. The number of aromatic nitrogens is 4. The summed E-state index contributed by atoms with van der Waals surface area (Å²) in [5.41, 5.74) is 6.08. The number of rotatable bonds is 1. The van der Waals surface area contributed by atoms with Crippen LogP contribution in [-0.2, 0) is 0 Å². The van der Waals surface area contributed by atoms with Crippen molar-refractivity contribution in [3.8, 4) is 11.5 Å². The molecule has 2 heterocycles. The fourth-order valence-electron chi connectivity index (χ4n) is 0.944. The van der Waals surface area contributed by atoms with Gasteiger partial charge in [0.2, 0.25) is 5.28 Å². The van der Waals surface area contributed by atoms with Gasteiger partial charge < -0.3 is 10.3 Å². The Morgan fingerprint density at radius 1 is 1.43 bits per heavy atom. The van der Waals surface area contributed by atoms with Gasteiger partial charge in [-0.1, -0.05) is 5.16 Å². The third kappa shape index (κ3) is 1.51. The fraction of sp³-hybridized carbons (Fsp3) is 0.143. The van der Waals surface area contributed by atoms with E-state index in [1.807, 2.05) is 0 Å². The second-order valence-corrected chi connectivity index (χ2v) is 2.92. The van der Waals surface area contributed by atoms with Crippen molar-refractivity contribution in [2.24, 2.45) is 0 Å². The van der Waals surface area contributed by atoms with Gasteiger partial charge >= 0.3 is 0 Å². The number of halogens is 1. The van der Waals surface area contributed by atoms with Crippen molar-refractivity contribution in [1.29, 1.82) is 0 Å². The van der Waals surface area contributed by atoms with Gasteiger partial charge in [-0.2, -0.15) is 4.98 Å². The number of anilines is 1. The molecule has 0 aliphatic rings. The van der Waals surface area contributed by atoms with Gasteiger partial charge in [0.05, 0.1) is 0 Å². The van der Waals surface area contributed by atoms with Crippen LogP contribution in [0.1, 0.15) is 5.82 Å². The first kappa shape index (κ1) is 8.89. The Bertz CT molecular complexity index is 469. The molecule has 0 saturated heterocycles. The van der Waals surface area contributed by atoms with Crippen LogP contribution in [0.5, 0.6) is 0 Å². The largest absolute Gasteiger partial charge is 0.383 e. The normalized spacial score (nSPS) is 10.4. The number of nitrogen functional groups attached to an aromatic ring is 1. The molecule has 0 radical (unpaired) electrons. The Morgan fingerprint density at radius 3 is 2.79 bits per heavy atom. The van der Waals surface area contributed by atoms with E-state index in [4.69, 9.17) is 21.9 Å². The van der Waals surface area contributed by atoms with Crippen molar-refractivity contribution in [2.75, 3.05) is 5.73 Å². The molecule has 0 aliphatic carbocycles. The summed E-state index contributed by atoms with van der Waals surface area (Å²) >= 11 is 5.54. The Balaban J connectivity index is 2.52. The van der Waals surface area contributed by atoms with Gasteiger partial charge in [-0.05, 0) is 18.5 Å². The van der Waals surface area contributed by atoms with Crippen molar-refractivity contribution in [1.82, 2.24) is 20.1 Å². The van der Waals surface area contributed by atoms with Crippen molar-refractivity contribution in [2.45, 2.75) is 6.92 Å². The van der Waals surface area contributed by atoms with Crippen LogP contribution in [0.2, 0.25) is 5.28 Å². The van der Waals surface area contributed by atoms with Crippen molar-refractivity contribution in [3.05, 3.63) is 17.3 Å². The van der Waals surface area contributed by atoms with Crippen LogP contribution in [-0.4, -0.2) is 20.1 Å². The molecule has 6 nitrogen and oxygen atoms in total. The first-order chi connectivity index (χ1) is 6.66. The predicted molar refractivity (Wildman–Crippen MR) is 49.5 cm³/mol. The summed E-state index contributed by atoms with van der Waals surface area (Å²) < 4.78 is 4.91. The third-order valence-corrected chi connectivity index (χ3v) is 1.73. The maximum Gasteiger partial charge on any atom is 0.263 e. The summed E-state index contributed by atoms with van der Waals surface area (Å²) in [7, 11) is 0. The van der Waals surface area contributed by atoms with Gasteiger partial charge in [0.25, 0.3) is 5.89 Å². The van der Waals surface area contributed by atoms with E-state index in [1.54, 1.807) is 6.92 Å². The molecule has 72 valence electrons. The molecule has 0 bridgehead atoms. The molecule has 0 fully saturated rings.